The third-order valence-corrected chi connectivity index (χ3v) is 3.47. The number of rotatable bonds is 4. The number of nitrogens with zero attached hydrogens (tertiary/aromatic N) is 1. The van der Waals surface area contributed by atoms with E-state index in [2.05, 4.69) is 18.1 Å². The normalized spacial score (nSPS) is 10.7. The van der Waals surface area contributed by atoms with Crippen LogP contribution in [0.5, 0.6) is 0 Å². The average Bonchev–Trinajstić information content (AvgIpc) is 2.96. The highest BCUT2D eigenvalue weighted by atomic mass is 16.3. The van der Waals surface area contributed by atoms with E-state index in [1.165, 1.54) is 0 Å². The Labute approximate surface area is 123 Å². The summed E-state index contributed by atoms with van der Waals surface area (Å²) in [5.74, 6) is 0.602. The lowest BCUT2D eigenvalue weighted by molar-refractivity contribution is 0.619. The van der Waals surface area contributed by atoms with Crippen molar-refractivity contribution in [2.75, 3.05) is 0 Å². The quantitative estimate of drug-likeness (QED) is 0.775. The molecule has 3 rings (SSSR count). The molecule has 0 saturated heterocycles. The molecule has 3 aromatic rings. The van der Waals surface area contributed by atoms with E-state index in [-0.39, 0.29) is 0 Å². The van der Waals surface area contributed by atoms with E-state index in [1.807, 2.05) is 36.4 Å². The monoisotopic (exact) mass is 276 g/mol. The minimum atomic E-state index is 0.527. The molecule has 0 saturated carbocycles. The van der Waals surface area contributed by atoms with E-state index >= 15 is 0 Å². The van der Waals surface area contributed by atoms with Gasteiger partial charge in [-0.25, -0.2) is 4.98 Å². The highest BCUT2D eigenvalue weighted by molar-refractivity contribution is 5.83. The minimum Gasteiger partial charge on any atom is -0.436 e. The molecule has 0 amide bonds. The molecule has 1 aromatic heterocycles. The van der Waals surface area contributed by atoms with Crippen LogP contribution in [0.3, 0.4) is 0 Å². The van der Waals surface area contributed by atoms with Crippen molar-refractivity contribution in [2.45, 2.75) is 6.54 Å². The third-order valence-electron chi connectivity index (χ3n) is 3.47. The number of hydrogen-bond donors (Lipinski definition) is 1. The first-order chi connectivity index (χ1) is 10.2. The number of nitrogens with two attached hydrogens (primary N) is 1. The maximum absolute atomic E-state index is 5.85. The lowest BCUT2D eigenvalue weighted by atomic mass is 10.1. The van der Waals surface area contributed by atoms with Crippen LogP contribution in [-0.2, 0) is 6.54 Å². The van der Waals surface area contributed by atoms with Crippen LogP contribution in [0.4, 0.5) is 0 Å². The van der Waals surface area contributed by atoms with Crippen LogP contribution in [0.25, 0.3) is 34.7 Å². The van der Waals surface area contributed by atoms with Crippen molar-refractivity contribution in [1.29, 1.82) is 0 Å². The number of aromatic nitrogens is 1. The van der Waals surface area contributed by atoms with Crippen molar-refractivity contribution in [3.05, 3.63) is 66.2 Å². The minimum absolute atomic E-state index is 0.527. The van der Waals surface area contributed by atoms with Gasteiger partial charge >= 0.3 is 0 Å². The fraction of sp³-hybridized carbons (Fsp3) is 0.0556. The molecule has 3 heteroatoms. The lowest BCUT2D eigenvalue weighted by Crippen LogP contribution is -1.95. The van der Waals surface area contributed by atoms with E-state index in [0.29, 0.717) is 12.4 Å². The van der Waals surface area contributed by atoms with Crippen LogP contribution in [0.2, 0.25) is 0 Å². The van der Waals surface area contributed by atoms with Gasteiger partial charge in [0.05, 0.1) is 0 Å². The Kier molecular flexibility index (Phi) is 3.42. The fourth-order valence-electron chi connectivity index (χ4n) is 2.27. The van der Waals surface area contributed by atoms with Crippen LogP contribution in [0, 0.1) is 0 Å². The van der Waals surface area contributed by atoms with E-state index in [0.717, 1.165) is 33.4 Å². The molecule has 0 aliphatic heterocycles. The zero-order valence-electron chi connectivity index (χ0n) is 11.7. The molecule has 3 nitrogen and oxygen atoms in total. The molecular weight excluding hydrogens is 260 g/mol. The summed E-state index contributed by atoms with van der Waals surface area (Å²) < 4.78 is 5.85. The first kappa shape index (κ1) is 13.3. The smallest absolute Gasteiger partial charge is 0.227 e. The molecule has 0 unspecified atom stereocenters. The van der Waals surface area contributed by atoms with Crippen LogP contribution in [-0.4, -0.2) is 4.98 Å². The molecule has 0 atom stereocenters. The van der Waals surface area contributed by atoms with E-state index in [9.17, 15) is 0 Å². The second-order valence-electron chi connectivity index (χ2n) is 4.78. The van der Waals surface area contributed by atoms with Crippen LogP contribution >= 0.6 is 0 Å². The van der Waals surface area contributed by atoms with Gasteiger partial charge in [-0.2, -0.15) is 0 Å². The summed E-state index contributed by atoms with van der Waals surface area (Å²) in [6.45, 7) is 8.15. The fourth-order valence-corrected chi connectivity index (χ4v) is 2.27. The Hall–Kier alpha value is -2.65. The molecule has 1 heterocycles. The highest BCUT2D eigenvalue weighted by Gasteiger charge is 2.10. The Balaban J connectivity index is 2.11. The van der Waals surface area contributed by atoms with Crippen molar-refractivity contribution in [2.24, 2.45) is 5.73 Å². The van der Waals surface area contributed by atoms with Gasteiger partial charge in [-0.3, -0.25) is 0 Å². The number of fused-ring (bicyclic) bond motifs is 1. The molecule has 0 radical (unpaired) electrons. The Morgan fingerprint density at radius 3 is 2.33 bits per heavy atom. The van der Waals surface area contributed by atoms with Crippen molar-refractivity contribution < 1.29 is 4.42 Å². The maximum atomic E-state index is 5.85. The summed E-state index contributed by atoms with van der Waals surface area (Å²) in [5.41, 5.74) is 11.2. The molecule has 0 spiro atoms. The molecule has 2 N–H and O–H groups in total. The van der Waals surface area contributed by atoms with Gasteiger partial charge in [0.1, 0.15) is 5.52 Å². The van der Waals surface area contributed by atoms with Gasteiger partial charge in [-0.05, 0) is 41.0 Å². The Morgan fingerprint density at radius 1 is 1.05 bits per heavy atom. The van der Waals surface area contributed by atoms with Gasteiger partial charge in [0.15, 0.2) is 5.58 Å². The lowest BCUT2D eigenvalue weighted by Gasteiger charge is -1.98. The molecule has 0 bridgehead atoms. The molecule has 0 aliphatic carbocycles. The van der Waals surface area contributed by atoms with Gasteiger partial charge in [0, 0.05) is 12.1 Å². The van der Waals surface area contributed by atoms with Crippen LogP contribution in [0.1, 0.15) is 16.7 Å². The predicted molar refractivity (Wildman–Crippen MR) is 87.5 cm³/mol. The van der Waals surface area contributed by atoms with Crippen molar-refractivity contribution in [1.82, 2.24) is 4.98 Å². The molecule has 0 aliphatic rings. The average molecular weight is 276 g/mol. The van der Waals surface area contributed by atoms with Gasteiger partial charge < -0.3 is 10.2 Å². The summed E-state index contributed by atoms with van der Waals surface area (Å²) >= 11 is 0. The Morgan fingerprint density at radius 2 is 1.71 bits per heavy atom. The predicted octanol–water partition coefficient (Wildman–Crippen LogP) is 4.24. The topological polar surface area (TPSA) is 52.0 Å². The van der Waals surface area contributed by atoms with Gasteiger partial charge in [0.25, 0.3) is 0 Å². The van der Waals surface area contributed by atoms with Crippen molar-refractivity contribution >= 4 is 23.3 Å². The van der Waals surface area contributed by atoms with Crippen molar-refractivity contribution in [3.63, 3.8) is 0 Å². The second-order valence-corrected chi connectivity index (χ2v) is 4.78. The van der Waals surface area contributed by atoms with Crippen molar-refractivity contribution in [3.8, 4) is 11.5 Å². The summed E-state index contributed by atoms with van der Waals surface area (Å²) in [4.78, 5) is 4.54. The molecule has 104 valence electrons. The molecule has 2 aromatic carbocycles. The number of hydrogen-bond acceptors (Lipinski definition) is 3. The Bertz CT molecular complexity index is 768. The first-order valence-corrected chi connectivity index (χ1v) is 6.74. The zero-order valence-corrected chi connectivity index (χ0v) is 11.7. The van der Waals surface area contributed by atoms with Crippen LogP contribution in [0.15, 0.2) is 54.0 Å². The van der Waals surface area contributed by atoms with E-state index in [4.69, 9.17) is 10.2 Å². The van der Waals surface area contributed by atoms with Crippen LogP contribution < -0.4 is 5.73 Å². The molecule has 0 fully saturated rings. The number of benzene rings is 2. The molecule has 21 heavy (non-hydrogen) atoms. The van der Waals surface area contributed by atoms with Gasteiger partial charge in [0.2, 0.25) is 5.89 Å². The zero-order chi connectivity index (χ0) is 14.8. The second kappa shape index (κ2) is 5.38. The molecular formula is C18H16N2O. The van der Waals surface area contributed by atoms with E-state index in [1.54, 1.807) is 12.2 Å². The number of oxazole rings is 1. The summed E-state index contributed by atoms with van der Waals surface area (Å²) in [5, 5.41) is 0. The third kappa shape index (κ3) is 2.39. The maximum Gasteiger partial charge on any atom is 0.227 e. The summed E-state index contributed by atoms with van der Waals surface area (Å²) in [6, 6.07) is 11.8. The largest absolute Gasteiger partial charge is 0.436 e. The standard InChI is InChI=1S/C18H16N2O/c1-3-13-9-16-17(10-14(13)4-2)21-18(20-16)15-7-5-12(11-19)6-8-15/h3-10H,1-2,11,19H2. The van der Waals surface area contributed by atoms with Gasteiger partial charge in [-0.1, -0.05) is 37.4 Å². The SMILES string of the molecule is C=Cc1cc2nc(-c3ccc(CN)cc3)oc2cc1C=C. The first-order valence-electron chi connectivity index (χ1n) is 6.74. The van der Waals surface area contributed by atoms with E-state index < -0.39 is 0 Å². The highest BCUT2D eigenvalue weighted by Crippen LogP contribution is 2.27. The summed E-state index contributed by atoms with van der Waals surface area (Å²) in [6.07, 6.45) is 3.58. The summed E-state index contributed by atoms with van der Waals surface area (Å²) in [7, 11) is 0. The van der Waals surface area contributed by atoms with Gasteiger partial charge in [-0.15, -0.1) is 0 Å².